The predicted molar refractivity (Wildman–Crippen MR) is 84.8 cm³/mol. The van der Waals surface area contributed by atoms with Crippen molar-refractivity contribution >= 4 is 11.7 Å². The van der Waals surface area contributed by atoms with Crippen molar-refractivity contribution in [3.8, 4) is 0 Å². The van der Waals surface area contributed by atoms with Gasteiger partial charge in [0.2, 0.25) is 5.91 Å². The maximum Gasteiger partial charge on any atom is 0.269 e. The molecule has 0 saturated heterocycles. The van der Waals surface area contributed by atoms with Crippen LogP contribution in [0.3, 0.4) is 0 Å². The van der Waals surface area contributed by atoms with Crippen LogP contribution >= 0.6 is 0 Å². The molecule has 1 aliphatic heterocycles. The molecule has 118 valence electrons. The van der Waals surface area contributed by atoms with Gasteiger partial charge in [0.1, 0.15) is 5.82 Å². The van der Waals surface area contributed by atoms with Gasteiger partial charge in [0, 0.05) is 18.4 Å². The summed E-state index contributed by atoms with van der Waals surface area (Å²) in [7, 11) is 0. The normalized spacial score (nSPS) is 17.9. The van der Waals surface area contributed by atoms with E-state index in [9.17, 15) is 9.59 Å². The van der Waals surface area contributed by atoms with Gasteiger partial charge in [-0.25, -0.2) is 0 Å². The van der Waals surface area contributed by atoms with Gasteiger partial charge in [0.05, 0.1) is 5.56 Å². The zero-order valence-corrected chi connectivity index (χ0v) is 13.4. The molecule has 5 heteroatoms. The molecule has 0 aliphatic carbocycles. The first-order chi connectivity index (χ1) is 10.0. The van der Waals surface area contributed by atoms with E-state index in [-0.39, 0.29) is 23.4 Å². The summed E-state index contributed by atoms with van der Waals surface area (Å²) in [5.74, 6) is 0.776. The summed E-state index contributed by atoms with van der Waals surface area (Å²) in [6.45, 7) is 6.19. The number of H-pyrrole nitrogens is 1. The van der Waals surface area contributed by atoms with E-state index in [0.29, 0.717) is 12.2 Å². The summed E-state index contributed by atoms with van der Waals surface area (Å²) in [5.41, 5.74) is 0.732. The maximum absolute atomic E-state index is 12.2. The van der Waals surface area contributed by atoms with Gasteiger partial charge < -0.3 is 5.32 Å². The molecule has 0 fully saturated rings. The second-order valence-corrected chi connectivity index (χ2v) is 6.32. The number of amides is 1. The number of carbonyl (C=O) groups is 1. The highest BCUT2D eigenvalue weighted by molar-refractivity contribution is 5.93. The number of aromatic nitrogens is 2. The van der Waals surface area contributed by atoms with E-state index < -0.39 is 0 Å². The van der Waals surface area contributed by atoms with Gasteiger partial charge in [-0.3, -0.25) is 19.4 Å². The Bertz CT molecular complexity index is 542. The fraction of sp³-hybridized carbons (Fsp3) is 0.750. The molecule has 1 atom stereocenters. The van der Waals surface area contributed by atoms with Crippen LogP contribution in [0.2, 0.25) is 0 Å². The van der Waals surface area contributed by atoms with Crippen LogP contribution in [-0.2, 0) is 4.79 Å². The third kappa shape index (κ3) is 3.57. The van der Waals surface area contributed by atoms with Gasteiger partial charge in [-0.05, 0) is 20.3 Å². The summed E-state index contributed by atoms with van der Waals surface area (Å²) in [6.07, 6.45) is 7.37. The molecule has 1 aliphatic rings. The van der Waals surface area contributed by atoms with Crippen molar-refractivity contribution in [3.05, 3.63) is 15.9 Å². The first-order valence-electron chi connectivity index (χ1n) is 8.18. The second kappa shape index (κ2) is 6.96. The lowest BCUT2D eigenvalue weighted by atomic mass is 9.89. The van der Waals surface area contributed by atoms with Crippen LogP contribution in [0, 0.1) is 0 Å². The van der Waals surface area contributed by atoms with Crippen LogP contribution in [0.4, 0.5) is 5.82 Å². The molecule has 0 radical (unpaired) electrons. The van der Waals surface area contributed by atoms with E-state index in [4.69, 9.17) is 0 Å². The van der Waals surface area contributed by atoms with Crippen LogP contribution in [0.15, 0.2) is 4.79 Å². The van der Waals surface area contributed by atoms with Crippen molar-refractivity contribution in [2.45, 2.75) is 77.7 Å². The van der Waals surface area contributed by atoms with Crippen molar-refractivity contribution in [2.75, 3.05) is 5.32 Å². The molecule has 1 aromatic heterocycles. The number of fused-ring (bicyclic) bond motifs is 1. The lowest BCUT2D eigenvalue weighted by molar-refractivity contribution is -0.117. The number of unbranched alkanes of at least 4 members (excludes halogenated alkanes) is 4. The monoisotopic (exact) mass is 293 g/mol. The molecule has 0 aromatic carbocycles. The van der Waals surface area contributed by atoms with Crippen LogP contribution in [0.1, 0.15) is 83.2 Å². The van der Waals surface area contributed by atoms with Crippen molar-refractivity contribution in [1.29, 1.82) is 0 Å². The van der Waals surface area contributed by atoms with Gasteiger partial charge in [0.15, 0.2) is 0 Å². The average molecular weight is 293 g/mol. The van der Waals surface area contributed by atoms with Crippen molar-refractivity contribution in [3.63, 3.8) is 0 Å². The number of aromatic amines is 1. The summed E-state index contributed by atoms with van der Waals surface area (Å²) >= 11 is 0. The van der Waals surface area contributed by atoms with E-state index in [1.54, 1.807) is 4.68 Å². The molecule has 2 N–H and O–H groups in total. The molecule has 1 unspecified atom stereocenters. The van der Waals surface area contributed by atoms with Crippen LogP contribution in [0.25, 0.3) is 0 Å². The Balaban J connectivity index is 2.11. The highest BCUT2D eigenvalue weighted by Gasteiger charge is 2.31. The SMILES string of the molecule is CCCCCCCC1CC(=O)Nc2c1c(=O)[nH]n2C(C)C. The number of nitrogens with zero attached hydrogens (tertiary/aromatic N) is 1. The summed E-state index contributed by atoms with van der Waals surface area (Å²) in [4.78, 5) is 24.1. The van der Waals surface area contributed by atoms with E-state index in [1.165, 1.54) is 25.7 Å². The van der Waals surface area contributed by atoms with Crippen LogP contribution in [0.5, 0.6) is 0 Å². The highest BCUT2D eigenvalue weighted by Crippen LogP contribution is 2.34. The first kappa shape index (κ1) is 15.9. The lowest BCUT2D eigenvalue weighted by Gasteiger charge is -2.23. The standard InChI is InChI=1S/C16H27N3O2/c1-4-5-6-7-8-9-12-10-13(20)17-15-14(12)16(21)18-19(15)11(2)3/h11-12H,4-10H2,1-3H3,(H,17,20)(H,18,21). The largest absolute Gasteiger partial charge is 0.311 e. The van der Waals surface area contributed by atoms with E-state index in [2.05, 4.69) is 17.3 Å². The zero-order chi connectivity index (χ0) is 15.4. The Morgan fingerprint density at radius 1 is 1.19 bits per heavy atom. The number of carbonyl (C=O) groups excluding carboxylic acids is 1. The molecule has 1 aromatic rings. The molecule has 0 spiro atoms. The maximum atomic E-state index is 12.2. The van der Waals surface area contributed by atoms with E-state index >= 15 is 0 Å². The van der Waals surface area contributed by atoms with E-state index in [0.717, 1.165) is 18.4 Å². The van der Waals surface area contributed by atoms with Gasteiger partial charge in [0.25, 0.3) is 5.56 Å². The minimum atomic E-state index is -0.0442. The summed E-state index contributed by atoms with van der Waals surface area (Å²) in [5, 5.41) is 5.73. The minimum Gasteiger partial charge on any atom is -0.311 e. The molecule has 0 saturated carbocycles. The molecule has 0 bridgehead atoms. The van der Waals surface area contributed by atoms with Gasteiger partial charge >= 0.3 is 0 Å². The third-order valence-corrected chi connectivity index (χ3v) is 4.23. The van der Waals surface area contributed by atoms with Gasteiger partial charge in [-0.15, -0.1) is 0 Å². The van der Waals surface area contributed by atoms with Crippen LogP contribution < -0.4 is 10.9 Å². The topological polar surface area (TPSA) is 66.9 Å². The summed E-state index contributed by atoms with van der Waals surface area (Å²) < 4.78 is 1.78. The Morgan fingerprint density at radius 2 is 1.90 bits per heavy atom. The number of hydrogen-bond donors (Lipinski definition) is 2. The predicted octanol–water partition coefficient (Wildman–Crippen LogP) is 3.54. The fourth-order valence-electron chi connectivity index (χ4n) is 3.11. The molecule has 2 rings (SSSR count). The Morgan fingerprint density at radius 3 is 2.57 bits per heavy atom. The number of hydrogen-bond acceptors (Lipinski definition) is 2. The number of anilines is 1. The molecule has 21 heavy (non-hydrogen) atoms. The Labute approximate surface area is 126 Å². The van der Waals surface area contributed by atoms with E-state index in [1.807, 2.05) is 13.8 Å². The van der Waals surface area contributed by atoms with Crippen molar-refractivity contribution in [2.24, 2.45) is 0 Å². The Kier molecular flexibility index (Phi) is 5.26. The number of rotatable bonds is 7. The van der Waals surface area contributed by atoms with Crippen molar-refractivity contribution in [1.82, 2.24) is 9.78 Å². The highest BCUT2D eigenvalue weighted by atomic mass is 16.2. The Hall–Kier alpha value is -1.52. The lowest BCUT2D eigenvalue weighted by Crippen LogP contribution is -2.26. The van der Waals surface area contributed by atoms with Gasteiger partial charge in [-0.1, -0.05) is 39.0 Å². The zero-order valence-electron chi connectivity index (χ0n) is 13.4. The molecule has 1 amide bonds. The van der Waals surface area contributed by atoms with Crippen molar-refractivity contribution < 1.29 is 4.79 Å². The quantitative estimate of drug-likeness (QED) is 0.755. The smallest absolute Gasteiger partial charge is 0.269 e. The fourth-order valence-corrected chi connectivity index (χ4v) is 3.11. The second-order valence-electron chi connectivity index (χ2n) is 6.32. The molecular weight excluding hydrogens is 266 g/mol. The third-order valence-electron chi connectivity index (χ3n) is 4.23. The molecule has 5 nitrogen and oxygen atoms in total. The first-order valence-corrected chi connectivity index (χ1v) is 8.18. The average Bonchev–Trinajstić information content (AvgIpc) is 2.75. The molecule has 2 heterocycles. The van der Waals surface area contributed by atoms with Gasteiger partial charge in [-0.2, -0.15) is 0 Å². The number of nitrogens with one attached hydrogen (secondary N) is 2. The van der Waals surface area contributed by atoms with Crippen LogP contribution in [-0.4, -0.2) is 15.7 Å². The summed E-state index contributed by atoms with van der Waals surface area (Å²) in [6, 6.07) is 0.130. The molecular formula is C16H27N3O2. The minimum absolute atomic E-state index is 0.0226.